The van der Waals surface area contributed by atoms with E-state index in [9.17, 15) is 9.59 Å². The molecule has 31 heavy (non-hydrogen) atoms. The molecule has 1 saturated heterocycles. The normalized spacial score (nSPS) is 15.0. The SMILES string of the molecule is CCc1ccc(NC(=O)C(=O)NC[C@@H](c2cccc3ccccc23)N2CCCC2)cc1. The predicted octanol–water partition coefficient (Wildman–Crippen LogP) is 4.29. The molecule has 1 fully saturated rings. The van der Waals surface area contributed by atoms with E-state index in [0.29, 0.717) is 12.2 Å². The highest BCUT2D eigenvalue weighted by Crippen LogP contribution is 2.30. The minimum Gasteiger partial charge on any atom is -0.346 e. The Morgan fingerprint density at radius 1 is 0.903 bits per heavy atom. The van der Waals surface area contributed by atoms with Gasteiger partial charge in [0.05, 0.1) is 6.04 Å². The minimum absolute atomic E-state index is 0.0363. The number of carbonyl (C=O) groups is 2. The maximum atomic E-state index is 12.5. The van der Waals surface area contributed by atoms with E-state index in [4.69, 9.17) is 0 Å². The first-order chi connectivity index (χ1) is 15.2. The van der Waals surface area contributed by atoms with Crippen LogP contribution in [-0.4, -0.2) is 36.3 Å². The summed E-state index contributed by atoms with van der Waals surface area (Å²) in [6.45, 7) is 4.47. The van der Waals surface area contributed by atoms with Crippen LogP contribution in [0.25, 0.3) is 10.8 Å². The Labute approximate surface area is 183 Å². The molecule has 4 rings (SSSR count). The lowest BCUT2D eigenvalue weighted by molar-refractivity contribution is -0.136. The van der Waals surface area contributed by atoms with Crippen LogP contribution in [0.1, 0.15) is 36.9 Å². The van der Waals surface area contributed by atoms with Crippen LogP contribution < -0.4 is 10.6 Å². The van der Waals surface area contributed by atoms with E-state index in [1.54, 1.807) is 0 Å². The van der Waals surface area contributed by atoms with Crippen molar-refractivity contribution in [1.82, 2.24) is 10.2 Å². The molecule has 2 amide bonds. The number of anilines is 1. The Kier molecular flexibility index (Phi) is 6.63. The maximum Gasteiger partial charge on any atom is 0.313 e. The van der Waals surface area contributed by atoms with Gasteiger partial charge in [-0.3, -0.25) is 14.5 Å². The van der Waals surface area contributed by atoms with Gasteiger partial charge in [0, 0.05) is 12.2 Å². The number of fused-ring (bicyclic) bond motifs is 1. The van der Waals surface area contributed by atoms with Gasteiger partial charge in [-0.15, -0.1) is 0 Å². The molecule has 1 heterocycles. The molecule has 1 aliphatic rings. The Balaban J connectivity index is 1.47. The average molecular weight is 416 g/mol. The molecular weight excluding hydrogens is 386 g/mol. The number of likely N-dealkylation sites (tertiary alicyclic amines) is 1. The van der Waals surface area contributed by atoms with Gasteiger partial charge < -0.3 is 10.6 Å². The second-order valence-corrected chi connectivity index (χ2v) is 8.04. The van der Waals surface area contributed by atoms with Crippen molar-refractivity contribution in [2.45, 2.75) is 32.2 Å². The third-order valence-electron chi connectivity index (χ3n) is 6.05. The van der Waals surface area contributed by atoms with Crippen molar-refractivity contribution in [3.8, 4) is 0 Å². The van der Waals surface area contributed by atoms with Crippen LogP contribution >= 0.6 is 0 Å². The molecule has 160 valence electrons. The number of hydrogen-bond acceptors (Lipinski definition) is 3. The van der Waals surface area contributed by atoms with Crippen molar-refractivity contribution in [3.05, 3.63) is 77.9 Å². The van der Waals surface area contributed by atoms with Crippen molar-refractivity contribution in [2.75, 3.05) is 25.0 Å². The summed E-state index contributed by atoms with van der Waals surface area (Å²) in [5.41, 5.74) is 3.00. The van der Waals surface area contributed by atoms with Gasteiger partial charge in [0.15, 0.2) is 0 Å². The second kappa shape index (κ2) is 9.75. The molecule has 3 aromatic rings. The Morgan fingerprint density at radius 2 is 1.61 bits per heavy atom. The van der Waals surface area contributed by atoms with E-state index in [-0.39, 0.29) is 6.04 Å². The number of aryl methyl sites for hydroxylation is 1. The average Bonchev–Trinajstić information content (AvgIpc) is 3.34. The van der Waals surface area contributed by atoms with E-state index in [2.05, 4.69) is 52.8 Å². The largest absolute Gasteiger partial charge is 0.346 e. The molecule has 0 spiro atoms. The van der Waals surface area contributed by atoms with Gasteiger partial charge in [0.25, 0.3) is 0 Å². The van der Waals surface area contributed by atoms with Crippen LogP contribution in [0.15, 0.2) is 66.7 Å². The Morgan fingerprint density at radius 3 is 2.35 bits per heavy atom. The fourth-order valence-electron chi connectivity index (χ4n) is 4.31. The number of amides is 2. The predicted molar refractivity (Wildman–Crippen MR) is 125 cm³/mol. The van der Waals surface area contributed by atoms with Crippen LogP contribution in [-0.2, 0) is 16.0 Å². The standard InChI is InChI=1S/C26H29N3O2/c1-2-19-12-14-21(15-13-19)28-26(31)25(30)27-18-24(29-16-5-6-17-29)23-11-7-9-20-8-3-4-10-22(20)23/h3-4,7-15,24H,2,5-6,16-18H2,1H3,(H,27,30)(H,28,31)/t24-/m0/s1. The van der Waals surface area contributed by atoms with Crippen LogP contribution in [0.4, 0.5) is 5.69 Å². The molecule has 2 N–H and O–H groups in total. The number of nitrogens with zero attached hydrogens (tertiary/aromatic N) is 1. The molecule has 0 radical (unpaired) electrons. The highest BCUT2D eigenvalue weighted by atomic mass is 16.2. The quantitative estimate of drug-likeness (QED) is 0.590. The Bertz CT molecular complexity index is 1050. The second-order valence-electron chi connectivity index (χ2n) is 8.04. The third-order valence-corrected chi connectivity index (χ3v) is 6.05. The minimum atomic E-state index is -0.637. The van der Waals surface area contributed by atoms with E-state index in [1.807, 2.05) is 36.4 Å². The molecule has 3 aromatic carbocycles. The highest BCUT2D eigenvalue weighted by molar-refractivity contribution is 6.39. The molecule has 0 aliphatic carbocycles. The summed E-state index contributed by atoms with van der Waals surface area (Å²) in [6, 6.07) is 22.2. The number of hydrogen-bond donors (Lipinski definition) is 2. The van der Waals surface area contributed by atoms with Crippen molar-refractivity contribution >= 4 is 28.3 Å². The topological polar surface area (TPSA) is 61.4 Å². The van der Waals surface area contributed by atoms with Gasteiger partial charge in [-0.1, -0.05) is 61.5 Å². The summed E-state index contributed by atoms with van der Waals surface area (Å²) < 4.78 is 0. The summed E-state index contributed by atoms with van der Waals surface area (Å²) in [6.07, 6.45) is 3.24. The summed E-state index contributed by atoms with van der Waals surface area (Å²) in [5.74, 6) is -1.24. The smallest absolute Gasteiger partial charge is 0.313 e. The number of nitrogens with one attached hydrogen (secondary N) is 2. The highest BCUT2D eigenvalue weighted by Gasteiger charge is 2.26. The van der Waals surface area contributed by atoms with Gasteiger partial charge in [0.2, 0.25) is 0 Å². The molecule has 0 saturated carbocycles. The first kappa shape index (κ1) is 21.1. The number of rotatable bonds is 6. The maximum absolute atomic E-state index is 12.5. The first-order valence-electron chi connectivity index (χ1n) is 11.1. The van der Waals surface area contributed by atoms with Gasteiger partial charge >= 0.3 is 11.8 Å². The molecule has 0 unspecified atom stereocenters. The zero-order chi connectivity index (χ0) is 21.6. The molecule has 1 atom stereocenters. The molecule has 0 bridgehead atoms. The molecule has 5 nitrogen and oxygen atoms in total. The zero-order valence-corrected chi connectivity index (χ0v) is 17.9. The van der Waals surface area contributed by atoms with E-state index in [0.717, 1.165) is 32.4 Å². The first-order valence-corrected chi connectivity index (χ1v) is 11.1. The fraction of sp³-hybridized carbons (Fsp3) is 0.308. The zero-order valence-electron chi connectivity index (χ0n) is 17.9. The van der Waals surface area contributed by atoms with Crippen LogP contribution in [0.5, 0.6) is 0 Å². The molecule has 1 aliphatic heterocycles. The van der Waals surface area contributed by atoms with Gasteiger partial charge in [0.1, 0.15) is 0 Å². The van der Waals surface area contributed by atoms with Crippen LogP contribution in [0.3, 0.4) is 0 Å². The lowest BCUT2D eigenvalue weighted by atomic mass is 9.97. The summed E-state index contributed by atoms with van der Waals surface area (Å²) in [7, 11) is 0. The van der Waals surface area contributed by atoms with Gasteiger partial charge in [-0.25, -0.2) is 0 Å². The molecule has 0 aromatic heterocycles. The van der Waals surface area contributed by atoms with Crippen molar-refractivity contribution in [3.63, 3.8) is 0 Å². The van der Waals surface area contributed by atoms with E-state index < -0.39 is 11.8 Å². The van der Waals surface area contributed by atoms with E-state index >= 15 is 0 Å². The van der Waals surface area contributed by atoms with Crippen LogP contribution in [0.2, 0.25) is 0 Å². The summed E-state index contributed by atoms with van der Waals surface area (Å²) >= 11 is 0. The lowest BCUT2D eigenvalue weighted by Crippen LogP contribution is -2.41. The monoisotopic (exact) mass is 415 g/mol. The van der Waals surface area contributed by atoms with E-state index in [1.165, 1.54) is 21.9 Å². The third kappa shape index (κ3) is 4.94. The van der Waals surface area contributed by atoms with Gasteiger partial charge in [-0.2, -0.15) is 0 Å². The van der Waals surface area contributed by atoms with Crippen molar-refractivity contribution in [2.24, 2.45) is 0 Å². The molecular formula is C26H29N3O2. The van der Waals surface area contributed by atoms with Crippen molar-refractivity contribution < 1.29 is 9.59 Å². The Hall–Kier alpha value is -3.18. The number of benzene rings is 3. The fourth-order valence-corrected chi connectivity index (χ4v) is 4.31. The van der Waals surface area contributed by atoms with Crippen LogP contribution in [0, 0.1) is 0 Å². The lowest BCUT2D eigenvalue weighted by Gasteiger charge is -2.29. The van der Waals surface area contributed by atoms with Gasteiger partial charge in [-0.05, 0) is 66.4 Å². The molecule has 5 heteroatoms. The summed E-state index contributed by atoms with van der Waals surface area (Å²) in [4.78, 5) is 27.4. The number of carbonyl (C=O) groups excluding carboxylic acids is 2. The van der Waals surface area contributed by atoms with Crippen molar-refractivity contribution in [1.29, 1.82) is 0 Å². The summed E-state index contributed by atoms with van der Waals surface area (Å²) in [5, 5.41) is 7.94.